The van der Waals surface area contributed by atoms with Gasteiger partial charge in [-0.25, -0.2) is 14.4 Å². The molecule has 0 fully saturated rings. The van der Waals surface area contributed by atoms with Gasteiger partial charge in [-0.2, -0.15) is 0 Å². The summed E-state index contributed by atoms with van der Waals surface area (Å²) in [5.74, 6) is -0.0482. The third-order valence-electron chi connectivity index (χ3n) is 6.22. The molecular weight excluding hydrogens is 552 g/mol. The molecule has 0 bridgehead atoms. The lowest BCUT2D eigenvalue weighted by atomic mass is 10.1. The predicted octanol–water partition coefficient (Wildman–Crippen LogP) is 6.33. The lowest BCUT2D eigenvalue weighted by molar-refractivity contribution is -0.141. The average molecular weight is 591 g/mol. The van der Waals surface area contributed by atoms with Gasteiger partial charge in [0.15, 0.2) is 0 Å². The Kier molecular flexibility index (Phi) is 13.8. The Morgan fingerprint density at radius 3 is 1.65 bits per heavy atom. The minimum atomic E-state index is -1.02. The SMILES string of the molecule is C=CC(=O)OCC(O)COc1ccc(C(=O)Oc2ccc(OC(=O)c3ccc(OCCCCCCCC)cc3)cc2)cc1. The van der Waals surface area contributed by atoms with Crippen molar-refractivity contribution in [3.8, 4) is 23.0 Å². The van der Waals surface area contributed by atoms with Crippen molar-refractivity contribution in [2.45, 2.75) is 51.6 Å². The van der Waals surface area contributed by atoms with Crippen molar-refractivity contribution in [3.63, 3.8) is 0 Å². The number of esters is 3. The molecule has 3 aromatic rings. The fraction of sp³-hybridized carbons (Fsp3) is 0.324. The molecule has 0 heterocycles. The second-order valence-corrected chi connectivity index (χ2v) is 9.71. The number of aliphatic hydroxyl groups excluding tert-OH is 1. The molecule has 0 aliphatic heterocycles. The maximum Gasteiger partial charge on any atom is 0.343 e. The zero-order valence-electron chi connectivity index (χ0n) is 24.4. The quantitative estimate of drug-likeness (QED) is 0.0784. The van der Waals surface area contributed by atoms with Crippen LogP contribution >= 0.6 is 0 Å². The standard InChI is InChI=1S/C34H38O9/c1-3-5-6-7-8-9-22-39-28-14-10-25(11-15-28)33(37)42-30-18-20-31(21-19-30)43-34(38)26-12-16-29(17-13-26)40-23-27(35)24-41-32(36)4-2/h4,10-21,27,35H,2-3,5-9,22-24H2,1H3. The molecule has 0 aliphatic rings. The minimum absolute atomic E-state index is 0.107. The first-order valence-corrected chi connectivity index (χ1v) is 14.4. The Morgan fingerprint density at radius 1 is 0.674 bits per heavy atom. The van der Waals surface area contributed by atoms with Gasteiger partial charge in [-0.05, 0) is 79.2 Å². The van der Waals surface area contributed by atoms with Crippen molar-refractivity contribution in [3.05, 3.63) is 96.6 Å². The van der Waals surface area contributed by atoms with E-state index in [1.165, 1.54) is 62.1 Å². The number of hydrogen-bond acceptors (Lipinski definition) is 9. The molecule has 0 saturated heterocycles. The molecule has 9 nitrogen and oxygen atoms in total. The van der Waals surface area contributed by atoms with Crippen molar-refractivity contribution in [1.82, 2.24) is 0 Å². The highest BCUT2D eigenvalue weighted by Gasteiger charge is 2.13. The van der Waals surface area contributed by atoms with Crippen LogP contribution in [-0.2, 0) is 9.53 Å². The first-order valence-electron chi connectivity index (χ1n) is 14.4. The summed E-state index contributed by atoms with van der Waals surface area (Å²) < 4.78 is 26.8. The van der Waals surface area contributed by atoms with E-state index in [9.17, 15) is 19.5 Å². The van der Waals surface area contributed by atoms with E-state index in [2.05, 4.69) is 13.5 Å². The summed E-state index contributed by atoms with van der Waals surface area (Å²) >= 11 is 0. The number of unbranched alkanes of at least 4 members (excludes halogenated alkanes) is 5. The third kappa shape index (κ3) is 12.0. The molecule has 0 saturated carbocycles. The number of benzene rings is 3. The van der Waals surface area contributed by atoms with Crippen molar-refractivity contribution in [2.24, 2.45) is 0 Å². The van der Waals surface area contributed by atoms with Crippen molar-refractivity contribution in [2.75, 3.05) is 19.8 Å². The van der Waals surface area contributed by atoms with E-state index in [-0.39, 0.29) is 24.5 Å². The van der Waals surface area contributed by atoms with Crippen LogP contribution in [0.3, 0.4) is 0 Å². The third-order valence-corrected chi connectivity index (χ3v) is 6.22. The molecule has 1 atom stereocenters. The molecule has 43 heavy (non-hydrogen) atoms. The summed E-state index contributed by atoms with van der Waals surface area (Å²) in [5.41, 5.74) is 0.670. The molecule has 1 unspecified atom stereocenters. The van der Waals surface area contributed by atoms with E-state index >= 15 is 0 Å². The van der Waals surface area contributed by atoms with Crippen LogP contribution in [0.25, 0.3) is 0 Å². The normalized spacial score (nSPS) is 11.2. The smallest absolute Gasteiger partial charge is 0.343 e. The maximum atomic E-state index is 12.5. The van der Waals surface area contributed by atoms with Crippen LogP contribution in [0.1, 0.15) is 66.2 Å². The molecule has 9 heteroatoms. The van der Waals surface area contributed by atoms with Crippen molar-refractivity contribution >= 4 is 17.9 Å². The number of carbonyl (C=O) groups is 3. The fourth-order valence-electron chi connectivity index (χ4n) is 3.83. The first kappa shape index (κ1) is 32.9. The summed E-state index contributed by atoms with van der Waals surface area (Å²) in [6, 6.07) is 19.1. The van der Waals surface area contributed by atoms with Gasteiger partial charge in [0.25, 0.3) is 0 Å². The van der Waals surface area contributed by atoms with E-state index in [0.717, 1.165) is 18.9 Å². The molecule has 0 radical (unpaired) electrons. The summed E-state index contributed by atoms with van der Waals surface area (Å²) in [7, 11) is 0. The van der Waals surface area contributed by atoms with Gasteiger partial charge in [-0.1, -0.05) is 45.6 Å². The number of ether oxygens (including phenoxy) is 5. The molecule has 3 aromatic carbocycles. The van der Waals surface area contributed by atoms with Crippen LogP contribution in [0.4, 0.5) is 0 Å². The molecule has 228 valence electrons. The van der Waals surface area contributed by atoms with Crippen LogP contribution in [0.2, 0.25) is 0 Å². The molecule has 0 aromatic heterocycles. The van der Waals surface area contributed by atoms with Crippen LogP contribution in [-0.4, -0.2) is 48.9 Å². The zero-order valence-corrected chi connectivity index (χ0v) is 24.4. The molecule has 1 N–H and O–H groups in total. The predicted molar refractivity (Wildman–Crippen MR) is 161 cm³/mol. The van der Waals surface area contributed by atoms with Gasteiger partial charge in [0.2, 0.25) is 0 Å². The minimum Gasteiger partial charge on any atom is -0.494 e. The first-order chi connectivity index (χ1) is 20.9. The molecular formula is C34H38O9. The monoisotopic (exact) mass is 590 g/mol. The molecule has 0 aliphatic carbocycles. The Morgan fingerprint density at radius 2 is 1.14 bits per heavy atom. The second-order valence-electron chi connectivity index (χ2n) is 9.71. The maximum absolute atomic E-state index is 12.5. The van der Waals surface area contributed by atoms with Crippen LogP contribution in [0, 0.1) is 0 Å². The Balaban J connectivity index is 1.40. The zero-order chi connectivity index (χ0) is 30.9. The van der Waals surface area contributed by atoms with Crippen LogP contribution in [0.15, 0.2) is 85.5 Å². The fourth-order valence-corrected chi connectivity index (χ4v) is 3.83. The van der Waals surface area contributed by atoms with Crippen LogP contribution in [0.5, 0.6) is 23.0 Å². The van der Waals surface area contributed by atoms with E-state index in [0.29, 0.717) is 29.4 Å². The van der Waals surface area contributed by atoms with E-state index in [1.807, 2.05) is 0 Å². The summed E-state index contributed by atoms with van der Waals surface area (Å²) in [5, 5.41) is 9.81. The highest BCUT2D eigenvalue weighted by atomic mass is 16.6. The van der Waals surface area contributed by atoms with Crippen LogP contribution < -0.4 is 18.9 Å². The largest absolute Gasteiger partial charge is 0.494 e. The average Bonchev–Trinajstić information content (AvgIpc) is 3.03. The molecule has 0 amide bonds. The summed E-state index contributed by atoms with van der Waals surface area (Å²) in [4.78, 5) is 36.1. The van der Waals surface area contributed by atoms with Gasteiger partial charge >= 0.3 is 17.9 Å². The van der Waals surface area contributed by atoms with E-state index < -0.39 is 24.0 Å². The number of carbonyl (C=O) groups excluding carboxylic acids is 3. The van der Waals surface area contributed by atoms with Gasteiger partial charge in [0.1, 0.15) is 42.3 Å². The topological polar surface area (TPSA) is 118 Å². The highest BCUT2D eigenvalue weighted by molar-refractivity contribution is 5.92. The van der Waals surface area contributed by atoms with Gasteiger partial charge in [-0.15, -0.1) is 0 Å². The Labute approximate surface area is 252 Å². The van der Waals surface area contributed by atoms with Gasteiger partial charge in [0.05, 0.1) is 17.7 Å². The number of aliphatic hydroxyl groups is 1. The van der Waals surface area contributed by atoms with Crippen molar-refractivity contribution < 1.29 is 43.2 Å². The van der Waals surface area contributed by atoms with Gasteiger partial charge < -0.3 is 28.8 Å². The lowest BCUT2D eigenvalue weighted by Crippen LogP contribution is -2.24. The number of rotatable bonds is 18. The Hall–Kier alpha value is -4.63. The highest BCUT2D eigenvalue weighted by Crippen LogP contribution is 2.21. The lowest BCUT2D eigenvalue weighted by Gasteiger charge is -2.12. The van der Waals surface area contributed by atoms with Gasteiger partial charge in [-0.3, -0.25) is 0 Å². The second kappa shape index (κ2) is 18.0. The molecule has 3 rings (SSSR count). The molecule has 0 spiro atoms. The summed E-state index contributed by atoms with van der Waals surface area (Å²) in [6.45, 7) is 5.79. The number of hydrogen-bond donors (Lipinski definition) is 1. The van der Waals surface area contributed by atoms with Crippen molar-refractivity contribution in [1.29, 1.82) is 0 Å². The van der Waals surface area contributed by atoms with E-state index in [4.69, 9.17) is 23.7 Å². The Bertz CT molecular complexity index is 1300. The van der Waals surface area contributed by atoms with Gasteiger partial charge in [0, 0.05) is 6.08 Å². The summed E-state index contributed by atoms with van der Waals surface area (Å²) in [6.07, 6.45) is 7.14. The van der Waals surface area contributed by atoms with E-state index in [1.54, 1.807) is 36.4 Å².